The summed E-state index contributed by atoms with van der Waals surface area (Å²) in [6, 6.07) is 15.7. The fraction of sp³-hybridized carbons (Fsp3) is 0.286. The van der Waals surface area contributed by atoms with Crippen LogP contribution in [0.4, 0.5) is 0 Å². The largest absolute Gasteiger partial charge is 0.481 e. The summed E-state index contributed by atoms with van der Waals surface area (Å²) in [4.78, 5) is 47.5. The van der Waals surface area contributed by atoms with Crippen LogP contribution in [0.25, 0.3) is 22.3 Å². The van der Waals surface area contributed by atoms with Gasteiger partial charge in [0.2, 0.25) is 17.7 Å². The second-order valence-corrected chi connectivity index (χ2v) is 9.71. The van der Waals surface area contributed by atoms with Gasteiger partial charge in [0.05, 0.1) is 6.42 Å². The number of hydrogen-bond acceptors (Lipinski definition) is 4. The van der Waals surface area contributed by atoms with Crippen molar-refractivity contribution in [1.29, 1.82) is 0 Å². The van der Waals surface area contributed by atoms with Crippen molar-refractivity contribution >= 4 is 23.7 Å². The van der Waals surface area contributed by atoms with Crippen molar-refractivity contribution in [3.05, 3.63) is 72.6 Å². The van der Waals surface area contributed by atoms with Crippen LogP contribution in [0.2, 0.25) is 0 Å². The van der Waals surface area contributed by atoms with E-state index in [9.17, 15) is 24.3 Å². The number of benzene rings is 2. The van der Waals surface area contributed by atoms with Crippen molar-refractivity contribution in [1.82, 2.24) is 15.2 Å². The van der Waals surface area contributed by atoms with E-state index in [1.54, 1.807) is 36.1 Å². The van der Waals surface area contributed by atoms with Crippen molar-refractivity contribution in [2.45, 2.75) is 32.7 Å². The summed E-state index contributed by atoms with van der Waals surface area (Å²) in [6.07, 6.45) is 3.29. The Morgan fingerprint density at radius 3 is 1.97 bits per heavy atom. The number of amides is 3. The van der Waals surface area contributed by atoms with Gasteiger partial charge in [-0.3, -0.25) is 19.2 Å². The molecular weight excluding hydrogens is 472 g/mol. The number of aromatic nitrogens is 1. The Labute approximate surface area is 215 Å². The number of nitrogens with one attached hydrogen (secondary N) is 2. The maximum atomic E-state index is 13.0. The third kappa shape index (κ3) is 7.30. The Morgan fingerprint density at radius 2 is 1.46 bits per heavy atom. The highest BCUT2D eigenvalue weighted by molar-refractivity contribution is 5.93. The fourth-order valence-corrected chi connectivity index (χ4v) is 3.99. The summed E-state index contributed by atoms with van der Waals surface area (Å²) >= 11 is 0. The van der Waals surface area contributed by atoms with Crippen LogP contribution in [0.15, 0.2) is 67.0 Å². The smallest absolute Gasteiger partial charge is 0.306 e. The monoisotopic (exact) mass is 504 g/mol. The number of nitrogens with zero attached hydrogens (tertiary/aromatic N) is 1. The van der Waals surface area contributed by atoms with Gasteiger partial charge in [0.1, 0.15) is 6.04 Å². The molecule has 3 aromatic rings. The summed E-state index contributed by atoms with van der Waals surface area (Å²) in [5.41, 5.74) is 8.88. The van der Waals surface area contributed by atoms with Crippen LogP contribution in [0, 0.1) is 5.41 Å². The van der Waals surface area contributed by atoms with Gasteiger partial charge >= 0.3 is 5.97 Å². The van der Waals surface area contributed by atoms with Gasteiger partial charge in [-0.05, 0) is 45.9 Å². The molecule has 0 saturated carbocycles. The van der Waals surface area contributed by atoms with E-state index in [0.29, 0.717) is 5.56 Å². The molecule has 0 fully saturated rings. The van der Waals surface area contributed by atoms with Crippen LogP contribution in [0.3, 0.4) is 0 Å². The average Bonchev–Trinajstić information content (AvgIpc) is 3.35. The quantitative estimate of drug-likeness (QED) is 0.317. The molecule has 0 radical (unpaired) electrons. The molecule has 3 amide bonds. The zero-order valence-electron chi connectivity index (χ0n) is 21.2. The first kappa shape index (κ1) is 27.2. The third-order valence-electron chi connectivity index (χ3n) is 6.12. The van der Waals surface area contributed by atoms with Crippen LogP contribution in [-0.2, 0) is 14.4 Å². The summed E-state index contributed by atoms with van der Waals surface area (Å²) in [7, 11) is 1.56. The van der Waals surface area contributed by atoms with Gasteiger partial charge in [-0.1, -0.05) is 50.2 Å². The molecule has 194 valence electrons. The number of rotatable bonds is 11. The Bertz CT molecular complexity index is 1280. The summed E-state index contributed by atoms with van der Waals surface area (Å²) in [6.45, 7) is 3.95. The summed E-state index contributed by atoms with van der Waals surface area (Å²) < 4.78 is 1.60. The second kappa shape index (κ2) is 11.6. The van der Waals surface area contributed by atoms with Gasteiger partial charge in [0, 0.05) is 38.0 Å². The molecule has 1 aromatic heterocycles. The maximum Gasteiger partial charge on any atom is 0.306 e. The summed E-state index contributed by atoms with van der Waals surface area (Å²) in [5, 5.41) is 14.8. The highest BCUT2D eigenvalue weighted by Gasteiger charge is 2.27. The molecule has 1 atom stereocenters. The molecule has 0 bridgehead atoms. The lowest BCUT2D eigenvalue weighted by atomic mass is 9.88. The predicted molar refractivity (Wildman–Crippen MR) is 141 cm³/mol. The lowest BCUT2D eigenvalue weighted by molar-refractivity contribution is -0.140. The molecule has 0 saturated heterocycles. The molecular formula is C28H32N4O5. The van der Waals surface area contributed by atoms with Gasteiger partial charge in [-0.2, -0.15) is 0 Å². The number of nitrogens with two attached hydrogens (primary N) is 1. The van der Waals surface area contributed by atoms with Crippen LogP contribution in [-0.4, -0.2) is 47.0 Å². The van der Waals surface area contributed by atoms with E-state index in [4.69, 9.17) is 5.73 Å². The molecule has 9 nitrogen and oxygen atoms in total. The number of carbonyl (C=O) groups is 4. The van der Waals surface area contributed by atoms with E-state index in [0.717, 1.165) is 22.3 Å². The van der Waals surface area contributed by atoms with E-state index in [1.165, 1.54) is 0 Å². The zero-order valence-corrected chi connectivity index (χ0v) is 21.2. The number of carboxylic acid groups (broad SMARTS) is 1. The van der Waals surface area contributed by atoms with Crippen LogP contribution in [0.1, 0.15) is 43.1 Å². The molecule has 5 N–H and O–H groups in total. The van der Waals surface area contributed by atoms with E-state index in [1.807, 2.05) is 56.3 Å². The molecule has 1 unspecified atom stereocenters. The zero-order chi connectivity index (χ0) is 27.2. The Balaban J connectivity index is 1.74. The van der Waals surface area contributed by atoms with E-state index in [2.05, 4.69) is 10.6 Å². The standard InChI is InChI=1S/C28H32N4O5/c1-28(2,15-24(33)30-3)17-31-27(37)23(14-25(34)35)32-13-12-22(16-32)20-6-4-18(5-7-20)19-8-10-21(11-9-19)26(29)36/h4-13,16,23H,14-15,17H2,1-3H3,(H2,29,36)(H,30,33)(H,31,37)(H,34,35). The van der Waals surface area contributed by atoms with Crippen molar-refractivity contribution in [2.75, 3.05) is 13.6 Å². The first-order valence-corrected chi connectivity index (χ1v) is 11.9. The number of carbonyl (C=O) groups excluding carboxylic acids is 3. The fourth-order valence-electron chi connectivity index (χ4n) is 3.99. The highest BCUT2D eigenvalue weighted by atomic mass is 16.4. The van der Waals surface area contributed by atoms with E-state index in [-0.39, 0.29) is 25.3 Å². The van der Waals surface area contributed by atoms with Crippen molar-refractivity contribution in [3.63, 3.8) is 0 Å². The molecule has 37 heavy (non-hydrogen) atoms. The van der Waals surface area contributed by atoms with Gasteiger partial charge in [-0.25, -0.2) is 0 Å². The molecule has 0 spiro atoms. The molecule has 0 aliphatic rings. The molecule has 9 heteroatoms. The van der Waals surface area contributed by atoms with E-state index < -0.39 is 29.2 Å². The van der Waals surface area contributed by atoms with Gasteiger partial charge < -0.3 is 26.0 Å². The van der Waals surface area contributed by atoms with Gasteiger partial charge in [-0.15, -0.1) is 0 Å². The number of primary amides is 1. The van der Waals surface area contributed by atoms with Gasteiger partial charge in [0.15, 0.2) is 0 Å². The Kier molecular flexibility index (Phi) is 8.49. The molecule has 1 heterocycles. The Hall–Kier alpha value is -4.40. The topological polar surface area (TPSA) is 144 Å². The SMILES string of the molecule is CNC(=O)CC(C)(C)CNC(=O)C(CC(=O)O)n1ccc(-c2ccc(-c3ccc(C(N)=O)cc3)cc2)c1. The van der Waals surface area contributed by atoms with Crippen LogP contribution < -0.4 is 16.4 Å². The minimum Gasteiger partial charge on any atom is -0.481 e. The number of carboxylic acids is 1. The first-order valence-electron chi connectivity index (χ1n) is 11.9. The van der Waals surface area contributed by atoms with Crippen molar-refractivity contribution in [2.24, 2.45) is 11.1 Å². The van der Waals surface area contributed by atoms with Crippen LogP contribution in [0.5, 0.6) is 0 Å². The lowest BCUT2D eigenvalue weighted by Crippen LogP contribution is -2.40. The lowest BCUT2D eigenvalue weighted by Gasteiger charge is -2.25. The van der Waals surface area contributed by atoms with Crippen molar-refractivity contribution < 1.29 is 24.3 Å². The first-order chi connectivity index (χ1) is 17.5. The second-order valence-electron chi connectivity index (χ2n) is 9.71. The molecule has 0 aliphatic carbocycles. The van der Waals surface area contributed by atoms with Crippen LogP contribution >= 0.6 is 0 Å². The average molecular weight is 505 g/mol. The number of hydrogen-bond donors (Lipinski definition) is 4. The predicted octanol–water partition coefficient (Wildman–Crippen LogP) is 3.22. The molecule has 3 rings (SSSR count). The Morgan fingerprint density at radius 1 is 0.919 bits per heavy atom. The normalized spacial score (nSPS) is 12.0. The van der Waals surface area contributed by atoms with E-state index >= 15 is 0 Å². The summed E-state index contributed by atoms with van der Waals surface area (Å²) in [5.74, 6) is -2.13. The number of aliphatic carboxylic acids is 1. The minimum absolute atomic E-state index is 0.134. The molecule has 0 aliphatic heterocycles. The van der Waals surface area contributed by atoms with Gasteiger partial charge in [0.25, 0.3) is 0 Å². The highest BCUT2D eigenvalue weighted by Crippen LogP contribution is 2.27. The maximum absolute atomic E-state index is 13.0. The molecule has 2 aromatic carbocycles. The third-order valence-corrected chi connectivity index (χ3v) is 6.12. The minimum atomic E-state index is -1.09. The van der Waals surface area contributed by atoms with Crippen molar-refractivity contribution in [3.8, 4) is 22.3 Å².